The van der Waals surface area contributed by atoms with Gasteiger partial charge in [0.2, 0.25) is 0 Å². The van der Waals surface area contributed by atoms with Crippen molar-refractivity contribution in [2.75, 3.05) is 19.4 Å². The number of benzene rings is 1. The van der Waals surface area contributed by atoms with E-state index >= 15 is 0 Å². The molecular weight excluding hydrogens is 270 g/mol. The quantitative estimate of drug-likeness (QED) is 0.899. The standard InChI is InChI=1S/C15H23N3O3.2H2/c1-15(2,3)21-14(20)16-10-11-7-6-8-12(9-11)17-13(19)18(4)5;;/h6-9H,10H2,1-5H3,(H,16,20)(H,17,19);2*1H. The minimum atomic E-state index is -0.522. The lowest BCUT2D eigenvalue weighted by Gasteiger charge is -2.19. The topological polar surface area (TPSA) is 70.7 Å². The summed E-state index contributed by atoms with van der Waals surface area (Å²) in [5.41, 5.74) is 1.03. The zero-order chi connectivity index (χ0) is 16.0. The maximum absolute atomic E-state index is 11.6. The minimum Gasteiger partial charge on any atom is -0.444 e. The van der Waals surface area contributed by atoms with Gasteiger partial charge in [-0.3, -0.25) is 0 Å². The van der Waals surface area contributed by atoms with Crippen LogP contribution in [0, 0.1) is 0 Å². The molecular formula is C15H27N3O3. The van der Waals surface area contributed by atoms with E-state index in [-0.39, 0.29) is 8.88 Å². The van der Waals surface area contributed by atoms with Crippen molar-refractivity contribution in [3.8, 4) is 0 Å². The van der Waals surface area contributed by atoms with Gasteiger partial charge in [-0.05, 0) is 38.5 Å². The van der Waals surface area contributed by atoms with Crippen molar-refractivity contribution in [2.24, 2.45) is 0 Å². The van der Waals surface area contributed by atoms with Crippen molar-refractivity contribution >= 4 is 17.8 Å². The molecule has 0 spiro atoms. The number of carbonyl (C=O) groups excluding carboxylic acids is 2. The Balaban J connectivity index is 0. The maximum Gasteiger partial charge on any atom is 0.407 e. The van der Waals surface area contributed by atoms with Gasteiger partial charge < -0.3 is 20.3 Å². The van der Waals surface area contributed by atoms with Crippen molar-refractivity contribution < 1.29 is 17.2 Å². The van der Waals surface area contributed by atoms with Crippen LogP contribution in [0.2, 0.25) is 0 Å². The van der Waals surface area contributed by atoms with Gasteiger partial charge in [0.05, 0.1) is 0 Å². The summed E-state index contributed by atoms with van der Waals surface area (Å²) in [5.74, 6) is 0. The summed E-state index contributed by atoms with van der Waals surface area (Å²) in [7, 11) is 3.34. The molecule has 0 radical (unpaired) electrons. The number of hydrogen-bond acceptors (Lipinski definition) is 3. The normalized spacial score (nSPS) is 10.7. The first-order chi connectivity index (χ1) is 9.67. The van der Waals surface area contributed by atoms with Crippen LogP contribution in [-0.4, -0.2) is 36.7 Å². The molecule has 1 aromatic rings. The molecule has 21 heavy (non-hydrogen) atoms. The molecule has 0 aliphatic carbocycles. The maximum atomic E-state index is 11.6. The Morgan fingerprint density at radius 3 is 2.52 bits per heavy atom. The number of hydrogen-bond donors (Lipinski definition) is 2. The third kappa shape index (κ3) is 6.65. The van der Waals surface area contributed by atoms with Crippen LogP contribution in [0.5, 0.6) is 0 Å². The van der Waals surface area contributed by atoms with E-state index < -0.39 is 11.7 Å². The highest BCUT2D eigenvalue weighted by Gasteiger charge is 2.15. The zero-order valence-corrected chi connectivity index (χ0v) is 13.2. The lowest BCUT2D eigenvalue weighted by molar-refractivity contribution is 0.0523. The number of nitrogens with zero attached hydrogens (tertiary/aromatic N) is 1. The Kier molecular flexibility index (Phi) is 5.58. The molecule has 0 aromatic heterocycles. The van der Waals surface area contributed by atoms with Crippen LogP contribution < -0.4 is 10.6 Å². The first kappa shape index (κ1) is 16.8. The van der Waals surface area contributed by atoms with Crippen molar-refractivity contribution in [3.05, 3.63) is 29.8 Å². The Hall–Kier alpha value is -2.24. The second-order valence-corrected chi connectivity index (χ2v) is 5.88. The molecule has 0 saturated heterocycles. The zero-order valence-electron chi connectivity index (χ0n) is 13.2. The van der Waals surface area contributed by atoms with Crippen molar-refractivity contribution in [1.29, 1.82) is 0 Å². The lowest BCUT2D eigenvalue weighted by Crippen LogP contribution is -2.32. The van der Waals surface area contributed by atoms with Crippen LogP contribution in [0.4, 0.5) is 15.3 Å². The summed E-state index contributed by atoms with van der Waals surface area (Å²) < 4.78 is 5.16. The van der Waals surface area contributed by atoms with Gasteiger partial charge in [0.1, 0.15) is 5.60 Å². The second-order valence-electron chi connectivity index (χ2n) is 5.88. The average Bonchev–Trinajstić information content (AvgIpc) is 2.34. The van der Waals surface area contributed by atoms with Gasteiger partial charge in [0, 0.05) is 29.2 Å². The number of anilines is 1. The second kappa shape index (κ2) is 6.97. The summed E-state index contributed by atoms with van der Waals surface area (Å²) in [6, 6.07) is 7.07. The third-order valence-corrected chi connectivity index (χ3v) is 2.42. The Morgan fingerprint density at radius 2 is 1.95 bits per heavy atom. The first-order valence-corrected chi connectivity index (χ1v) is 6.71. The minimum absolute atomic E-state index is 0. The van der Waals surface area contributed by atoms with E-state index in [1.807, 2.05) is 32.9 Å². The number of nitrogens with one attached hydrogen (secondary N) is 2. The van der Waals surface area contributed by atoms with Gasteiger partial charge >= 0.3 is 12.1 Å². The predicted octanol–water partition coefficient (Wildman–Crippen LogP) is 3.30. The van der Waals surface area contributed by atoms with Gasteiger partial charge in [-0.2, -0.15) is 0 Å². The molecule has 0 heterocycles. The summed E-state index contributed by atoms with van der Waals surface area (Å²) >= 11 is 0. The van der Waals surface area contributed by atoms with E-state index in [1.54, 1.807) is 26.2 Å². The highest BCUT2D eigenvalue weighted by molar-refractivity contribution is 5.88. The largest absolute Gasteiger partial charge is 0.444 e. The van der Waals surface area contributed by atoms with Crippen LogP contribution in [0.1, 0.15) is 29.2 Å². The van der Waals surface area contributed by atoms with Crippen molar-refractivity contribution in [3.63, 3.8) is 0 Å². The fraction of sp³-hybridized carbons (Fsp3) is 0.467. The first-order valence-electron chi connectivity index (χ1n) is 6.71. The van der Waals surface area contributed by atoms with Gasteiger partial charge in [0.25, 0.3) is 0 Å². The molecule has 0 unspecified atom stereocenters. The van der Waals surface area contributed by atoms with E-state index in [0.717, 1.165) is 5.56 Å². The van der Waals surface area contributed by atoms with Gasteiger partial charge in [-0.25, -0.2) is 9.59 Å². The molecule has 0 fully saturated rings. The molecule has 0 aliphatic rings. The SMILES string of the molecule is CN(C)C(=O)Nc1cccc(CNC(=O)OC(C)(C)C)c1.[HH].[HH]. The molecule has 120 valence electrons. The lowest BCUT2D eigenvalue weighted by atomic mass is 10.2. The van der Waals surface area contributed by atoms with Crippen LogP contribution in [0.15, 0.2) is 24.3 Å². The molecule has 0 atom stereocenters. The number of amides is 3. The number of rotatable bonds is 3. The molecule has 6 nitrogen and oxygen atoms in total. The van der Waals surface area contributed by atoms with Crippen LogP contribution in [0.25, 0.3) is 0 Å². The van der Waals surface area contributed by atoms with E-state index in [4.69, 9.17) is 4.74 Å². The fourth-order valence-electron chi connectivity index (χ4n) is 1.48. The molecule has 1 aromatic carbocycles. The monoisotopic (exact) mass is 297 g/mol. The van der Waals surface area contributed by atoms with Crippen molar-refractivity contribution in [2.45, 2.75) is 32.9 Å². The number of carbonyl (C=O) groups is 2. The van der Waals surface area contributed by atoms with Crippen molar-refractivity contribution in [1.82, 2.24) is 10.2 Å². The number of urea groups is 1. The van der Waals surface area contributed by atoms with E-state index in [0.29, 0.717) is 12.2 Å². The average molecular weight is 297 g/mol. The summed E-state index contributed by atoms with van der Waals surface area (Å²) in [6.07, 6.45) is -0.467. The summed E-state index contributed by atoms with van der Waals surface area (Å²) in [5, 5.41) is 5.43. The molecule has 1 rings (SSSR count). The fourth-order valence-corrected chi connectivity index (χ4v) is 1.48. The third-order valence-electron chi connectivity index (χ3n) is 2.42. The smallest absolute Gasteiger partial charge is 0.407 e. The van der Waals surface area contributed by atoms with Gasteiger partial charge in [-0.15, -0.1) is 0 Å². The molecule has 2 N–H and O–H groups in total. The summed E-state index contributed by atoms with van der Waals surface area (Å²) in [4.78, 5) is 24.6. The number of ether oxygens (including phenoxy) is 1. The Bertz CT molecular complexity index is 517. The summed E-state index contributed by atoms with van der Waals surface area (Å²) in [6.45, 7) is 5.76. The van der Waals surface area contributed by atoms with Crippen LogP contribution in [-0.2, 0) is 11.3 Å². The van der Waals surface area contributed by atoms with E-state index in [1.165, 1.54) is 4.90 Å². The molecule has 3 amide bonds. The van der Waals surface area contributed by atoms with Crippen LogP contribution in [0.3, 0.4) is 0 Å². The number of alkyl carbamates (subject to hydrolysis) is 1. The molecule has 0 saturated carbocycles. The van der Waals surface area contributed by atoms with Crippen LogP contribution >= 0.6 is 0 Å². The van der Waals surface area contributed by atoms with E-state index in [9.17, 15) is 9.59 Å². The van der Waals surface area contributed by atoms with Gasteiger partial charge in [0.15, 0.2) is 0 Å². The highest BCUT2D eigenvalue weighted by atomic mass is 16.6. The molecule has 0 aliphatic heterocycles. The predicted molar refractivity (Wildman–Crippen MR) is 86.4 cm³/mol. The Morgan fingerprint density at radius 1 is 1.29 bits per heavy atom. The highest BCUT2D eigenvalue weighted by Crippen LogP contribution is 2.12. The molecule has 0 bridgehead atoms. The molecule has 6 heteroatoms. The Labute approximate surface area is 128 Å². The van der Waals surface area contributed by atoms with Gasteiger partial charge in [-0.1, -0.05) is 12.1 Å². The van der Waals surface area contributed by atoms with E-state index in [2.05, 4.69) is 10.6 Å².